The Labute approximate surface area is 120 Å². The van der Waals surface area contributed by atoms with Gasteiger partial charge in [0.2, 0.25) is 0 Å². The number of halogens is 1. The second-order valence-corrected chi connectivity index (χ2v) is 5.44. The molecular weight excluding hydrogens is 257 g/mol. The average Bonchev–Trinajstić information content (AvgIpc) is 2.48. The number of benzene rings is 1. The number of hydrogen-bond acceptors (Lipinski definition) is 3. The van der Waals surface area contributed by atoms with Gasteiger partial charge < -0.3 is 9.84 Å². The topological polar surface area (TPSA) is 32.7 Å². The zero-order chi connectivity index (χ0) is 14.4. The fourth-order valence-electron chi connectivity index (χ4n) is 3.05. The van der Waals surface area contributed by atoms with Crippen LogP contribution in [-0.2, 0) is 6.54 Å². The summed E-state index contributed by atoms with van der Waals surface area (Å²) in [5, 5.41) is 9.28. The fourth-order valence-corrected chi connectivity index (χ4v) is 3.05. The van der Waals surface area contributed by atoms with Crippen LogP contribution in [-0.4, -0.2) is 36.3 Å². The summed E-state index contributed by atoms with van der Waals surface area (Å²) in [6.45, 7) is 1.39. The molecule has 1 fully saturated rings. The minimum Gasteiger partial charge on any atom is -0.496 e. The summed E-state index contributed by atoms with van der Waals surface area (Å²) in [5.74, 6) is 0.471. The van der Waals surface area contributed by atoms with E-state index >= 15 is 0 Å². The molecule has 0 unspecified atom stereocenters. The predicted octanol–water partition coefficient (Wildman–Crippen LogP) is 2.96. The Balaban J connectivity index is 2.12. The maximum Gasteiger partial charge on any atom is 0.123 e. The predicted molar refractivity (Wildman–Crippen MR) is 77.3 cm³/mol. The highest BCUT2D eigenvalue weighted by Gasteiger charge is 2.22. The molecule has 1 saturated carbocycles. The molecule has 0 amide bonds. The molecule has 1 aromatic rings. The average molecular weight is 281 g/mol. The number of nitrogens with zero attached hydrogens (tertiary/aromatic N) is 1. The molecule has 1 N–H and O–H groups in total. The molecule has 0 radical (unpaired) electrons. The zero-order valence-corrected chi connectivity index (χ0v) is 12.1. The van der Waals surface area contributed by atoms with Gasteiger partial charge in [-0.1, -0.05) is 19.3 Å². The monoisotopic (exact) mass is 281 g/mol. The molecule has 0 heterocycles. The van der Waals surface area contributed by atoms with Crippen LogP contribution in [0.3, 0.4) is 0 Å². The molecule has 3 nitrogen and oxygen atoms in total. The Morgan fingerprint density at radius 2 is 2.05 bits per heavy atom. The molecule has 112 valence electrons. The Hall–Kier alpha value is -1.13. The van der Waals surface area contributed by atoms with Gasteiger partial charge in [0.05, 0.1) is 13.7 Å². The molecule has 0 aliphatic heterocycles. The van der Waals surface area contributed by atoms with E-state index < -0.39 is 0 Å². The van der Waals surface area contributed by atoms with Crippen molar-refractivity contribution in [3.63, 3.8) is 0 Å². The van der Waals surface area contributed by atoms with Gasteiger partial charge in [-0.3, -0.25) is 4.90 Å². The van der Waals surface area contributed by atoms with Crippen molar-refractivity contribution in [2.24, 2.45) is 0 Å². The van der Waals surface area contributed by atoms with Crippen LogP contribution in [0.2, 0.25) is 0 Å². The Kier molecular flexibility index (Phi) is 5.80. The molecular formula is C16H24FNO2. The van der Waals surface area contributed by atoms with Crippen LogP contribution >= 0.6 is 0 Å². The lowest BCUT2D eigenvalue weighted by Crippen LogP contribution is -2.38. The molecule has 0 saturated heterocycles. The van der Waals surface area contributed by atoms with E-state index in [2.05, 4.69) is 4.90 Å². The van der Waals surface area contributed by atoms with Crippen LogP contribution in [0, 0.1) is 5.82 Å². The first-order valence-corrected chi connectivity index (χ1v) is 7.42. The van der Waals surface area contributed by atoms with Crippen LogP contribution in [0.25, 0.3) is 0 Å². The van der Waals surface area contributed by atoms with Crippen molar-refractivity contribution in [3.8, 4) is 5.75 Å². The zero-order valence-electron chi connectivity index (χ0n) is 12.1. The number of hydrogen-bond donors (Lipinski definition) is 1. The Morgan fingerprint density at radius 3 is 2.70 bits per heavy atom. The summed E-state index contributed by atoms with van der Waals surface area (Å²) in [6.07, 6.45) is 6.11. The number of ether oxygens (including phenoxy) is 1. The van der Waals surface area contributed by atoms with E-state index in [1.165, 1.54) is 31.4 Å². The molecule has 1 aromatic carbocycles. The molecule has 20 heavy (non-hydrogen) atoms. The van der Waals surface area contributed by atoms with Gasteiger partial charge in [-0.05, 0) is 31.0 Å². The lowest BCUT2D eigenvalue weighted by Gasteiger charge is -2.34. The van der Waals surface area contributed by atoms with Crippen molar-refractivity contribution in [2.75, 3.05) is 20.3 Å². The van der Waals surface area contributed by atoms with E-state index in [4.69, 9.17) is 4.74 Å². The second kappa shape index (κ2) is 7.60. The first-order chi connectivity index (χ1) is 9.74. The van der Waals surface area contributed by atoms with Gasteiger partial charge in [0.15, 0.2) is 0 Å². The Morgan fingerprint density at radius 1 is 1.30 bits per heavy atom. The third-order valence-electron chi connectivity index (χ3n) is 4.09. The van der Waals surface area contributed by atoms with E-state index in [1.54, 1.807) is 13.2 Å². The normalized spacial score (nSPS) is 16.6. The van der Waals surface area contributed by atoms with Crippen molar-refractivity contribution in [3.05, 3.63) is 29.6 Å². The van der Waals surface area contributed by atoms with Crippen LogP contribution in [0.1, 0.15) is 37.7 Å². The van der Waals surface area contributed by atoms with E-state index in [0.717, 1.165) is 18.4 Å². The highest BCUT2D eigenvalue weighted by Crippen LogP contribution is 2.27. The van der Waals surface area contributed by atoms with E-state index in [9.17, 15) is 9.50 Å². The molecule has 2 rings (SSSR count). The first-order valence-electron chi connectivity index (χ1n) is 7.42. The second-order valence-electron chi connectivity index (χ2n) is 5.44. The van der Waals surface area contributed by atoms with Gasteiger partial charge in [-0.2, -0.15) is 0 Å². The van der Waals surface area contributed by atoms with Crippen LogP contribution in [0.15, 0.2) is 18.2 Å². The summed E-state index contributed by atoms with van der Waals surface area (Å²) >= 11 is 0. The summed E-state index contributed by atoms with van der Waals surface area (Å²) in [4.78, 5) is 2.26. The quantitative estimate of drug-likeness (QED) is 0.870. The molecule has 1 aliphatic rings. The van der Waals surface area contributed by atoms with Crippen molar-refractivity contribution >= 4 is 0 Å². The molecule has 0 spiro atoms. The lowest BCUT2D eigenvalue weighted by molar-refractivity contribution is 0.116. The molecule has 0 atom stereocenters. The largest absolute Gasteiger partial charge is 0.496 e. The SMILES string of the molecule is COc1ccc(F)cc1CN(CCO)C1CCCCC1. The van der Waals surface area contributed by atoms with Gasteiger partial charge >= 0.3 is 0 Å². The van der Waals surface area contributed by atoms with Gasteiger partial charge in [-0.25, -0.2) is 4.39 Å². The summed E-state index contributed by atoms with van der Waals surface area (Å²) in [5.41, 5.74) is 0.853. The van der Waals surface area contributed by atoms with Crippen molar-refractivity contribution in [1.29, 1.82) is 0 Å². The third kappa shape index (κ3) is 3.93. The first kappa shape index (κ1) is 15.3. The molecule has 1 aliphatic carbocycles. The number of aliphatic hydroxyl groups is 1. The minimum absolute atomic E-state index is 0.133. The number of rotatable bonds is 6. The van der Waals surface area contributed by atoms with Gasteiger partial charge in [0, 0.05) is 24.7 Å². The lowest BCUT2D eigenvalue weighted by atomic mass is 9.94. The minimum atomic E-state index is -0.242. The standard InChI is InChI=1S/C16H24FNO2/c1-20-16-8-7-14(17)11-13(16)12-18(9-10-19)15-5-3-2-4-6-15/h7-8,11,15,19H,2-6,9-10,12H2,1H3. The third-order valence-corrected chi connectivity index (χ3v) is 4.09. The van der Waals surface area contributed by atoms with Gasteiger partial charge in [0.25, 0.3) is 0 Å². The van der Waals surface area contributed by atoms with Crippen LogP contribution in [0.5, 0.6) is 5.75 Å². The molecule has 0 aromatic heterocycles. The van der Waals surface area contributed by atoms with Crippen LogP contribution < -0.4 is 4.74 Å². The summed E-state index contributed by atoms with van der Waals surface area (Å²) in [6, 6.07) is 5.11. The van der Waals surface area contributed by atoms with E-state index in [0.29, 0.717) is 24.9 Å². The van der Waals surface area contributed by atoms with Crippen molar-refractivity contribution in [2.45, 2.75) is 44.7 Å². The van der Waals surface area contributed by atoms with Crippen molar-refractivity contribution in [1.82, 2.24) is 4.90 Å². The number of methoxy groups -OCH3 is 1. The maximum atomic E-state index is 13.4. The maximum absolute atomic E-state index is 13.4. The molecule has 0 bridgehead atoms. The van der Waals surface area contributed by atoms with E-state index in [1.807, 2.05) is 0 Å². The van der Waals surface area contributed by atoms with Gasteiger partial charge in [-0.15, -0.1) is 0 Å². The molecule has 4 heteroatoms. The van der Waals surface area contributed by atoms with Gasteiger partial charge in [0.1, 0.15) is 11.6 Å². The highest BCUT2D eigenvalue weighted by atomic mass is 19.1. The van der Waals surface area contributed by atoms with Crippen LogP contribution in [0.4, 0.5) is 4.39 Å². The smallest absolute Gasteiger partial charge is 0.123 e. The fraction of sp³-hybridized carbons (Fsp3) is 0.625. The number of aliphatic hydroxyl groups excluding tert-OH is 1. The van der Waals surface area contributed by atoms with E-state index in [-0.39, 0.29) is 12.4 Å². The van der Waals surface area contributed by atoms with Crippen molar-refractivity contribution < 1.29 is 14.2 Å². The Bertz CT molecular complexity index is 419. The summed E-state index contributed by atoms with van der Waals surface area (Å²) in [7, 11) is 1.60. The highest BCUT2D eigenvalue weighted by molar-refractivity contribution is 5.33. The summed E-state index contributed by atoms with van der Waals surface area (Å²) < 4.78 is 18.7.